The van der Waals surface area contributed by atoms with E-state index in [4.69, 9.17) is 5.73 Å². The van der Waals surface area contributed by atoms with Crippen LogP contribution in [0.5, 0.6) is 0 Å². The van der Waals surface area contributed by atoms with Gasteiger partial charge in [-0.25, -0.2) is 4.39 Å². The van der Waals surface area contributed by atoms with Gasteiger partial charge in [-0.3, -0.25) is 9.89 Å². The second kappa shape index (κ2) is 3.00. The smallest absolute Gasteiger partial charge is 0.136 e. The first-order valence-electron chi connectivity index (χ1n) is 5.46. The van der Waals surface area contributed by atoms with Crippen molar-refractivity contribution in [3.05, 3.63) is 0 Å². The summed E-state index contributed by atoms with van der Waals surface area (Å²) in [4.78, 5) is 6.65. The van der Waals surface area contributed by atoms with Gasteiger partial charge in [0.2, 0.25) is 0 Å². The van der Waals surface area contributed by atoms with Crippen molar-refractivity contribution in [2.24, 2.45) is 10.7 Å². The molecule has 0 radical (unpaired) electrons. The molecule has 4 aliphatic rings. The van der Waals surface area contributed by atoms with E-state index in [1.54, 1.807) is 0 Å². The minimum absolute atomic E-state index is 0.0632. The molecule has 1 saturated carbocycles. The van der Waals surface area contributed by atoms with Gasteiger partial charge in [-0.2, -0.15) is 0 Å². The summed E-state index contributed by atoms with van der Waals surface area (Å²) in [7, 11) is 0. The normalized spacial score (nSPS) is 52.0. The summed E-state index contributed by atoms with van der Waals surface area (Å²) < 4.78 is 13.0. The SMILES string of the molecule is NC1CC(F)C=NC1N1C2CCC1C2. The quantitative estimate of drug-likeness (QED) is 0.672. The predicted octanol–water partition coefficient (Wildman–Crippen LogP) is 0.689. The van der Waals surface area contributed by atoms with E-state index >= 15 is 0 Å². The molecule has 2 N–H and O–H groups in total. The van der Waals surface area contributed by atoms with Crippen molar-refractivity contribution in [2.75, 3.05) is 0 Å². The van der Waals surface area contributed by atoms with Gasteiger partial charge in [-0.05, 0) is 19.3 Å². The molecule has 0 aromatic carbocycles. The molecule has 0 aromatic heterocycles. The van der Waals surface area contributed by atoms with E-state index in [1.807, 2.05) is 0 Å². The third-order valence-electron chi connectivity index (χ3n) is 3.81. The molecule has 14 heavy (non-hydrogen) atoms. The molecule has 0 aromatic rings. The number of nitrogens with two attached hydrogens (primary N) is 1. The van der Waals surface area contributed by atoms with Gasteiger partial charge in [-0.1, -0.05) is 0 Å². The third-order valence-corrected chi connectivity index (χ3v) is 3.81. The zero-order chi connectivity index (χ0) is 9.71. The molecule has 1 aliphatic carbocycles. The molecule has 0 amide bonds. The van der Waals surface area contributed by atoms with Crippen molar-refractivity contribution in [3.8, 4) is 0 Å². The van der Waals surface area contributed by atoms with E-state index in [-0.39, 0.29) is 12.2 Å². The molecule has 5 unspecified atom stereocenters. The maximum absolute atomic E-state index is 13.0. The lowest BCUT2D eigenvalue weighted by Gasteiger charge is -2.47. The van der Waals surface area contributed by atoms with E-state index in [0.717, 1.165) is 0 Å². The Morgan fingerprint density at radius 2 is 2.00 bits per heavy atom. The Kier molecular flexibility index (Phi) is 1.89. The molecule has 3 nitrogen and oxygen atoms in total. The Balaban J connectivity index is 1.76. The summed E-state index contributed by atoms with van der Waals surface area (Å²) >= 11 is 0. The van der Waals surface area contributed by atoms with Gasteiger partial charge in [0, 0.05) is 30.8 Å². The van der Waals surface area contributed by atoms with Crippen LogP contribution >= 0.6 is 0 Å². The number of hydrogen-bond donors (Lipinski definition) is 1. The fraction of sp³-hybridized carbons (Fsp3) is 0.900. The lowest BCUT2D eigenvalue weighted by atomic mass is 9.96. The Bertz CT molecular complexity index is 254. The Morgan fingerprint density at radius 3 is 2.57 bits per heavy atom. The average Bonchev–Trinajstić information content (AvgIpc) is 2.70. The van der Waals surface area contributed by atoms with Crippen LogP contribution in [0.1, 0.15) is 25.7 Å². The summed E-state index contributed by atoms with van der Waals surface area (Å²) in [5, 5.41) is 0. The first-order valence-corrected chi connectivity index (χ1v) is 5.46. The second-order valence-electron chi connectivity index (χ2n) is 4.70. The molecule has 5 atom stereocenters. The number of aliphatic imine (C=N–C) groups is 1. The Morgan fingerprint density at radius 1 is 1.29 bits per heavy atom. The molecule has 4 rings (SSSR count). The summed E-state index contributed by atoms with van der Waals surface area (Å²) in [5.74, 6) is 0. The van der Waals surface area contributed by atoms with Crippen molar-refractivity contribution >= 4 is 6.21 Å². The van der Waals surface area contributed by atoms with E-state index in [1.165, 1.54) is 25.5 Å². The fourth-order valence-electron chi connectivity index (χ4n) is 3.10. The maximum atomic E-state index is 13.0. The summed E-state index contributed by atoms with van der Waals surface area (Å²) in [6.45, 7) is 0. The lowest BCUT2D eigenvalue weighted by Crippen LogP contribution is -2.60. The monoisotopic (exact) mass is 197 g/mol. The largest absolute Gasteiger partial charge is 0.325 e. The lowest BCUT2D eigenvalue weighted by molar-refractivity contribution is 0.0157. The zero-order valence-electron chi connectivity index (χ0n) is 8.14. The molecular weight excluding hydrogens is 181 g/mol. The predicted molar refractivity (Wildman–Crippen MR) is 53.0 cm³/mol. The van der Waals surface area contributed by atoms with Gasteiger partial charge in [-0.15, -0.1) is 0 Å². The highest BCUT2D eigenvalue weighted by molar-refractivity contribution is 5.64. The molecular formula is C10H16FN3. The molecule has 78 valence electrons. The van der Waals surface area contributed by atoms with Gasteiger partial charge in [0.1, 0.15) is 12.3 Å². The van der Waals surface area contributed by atoms with Gasteiger partial charge < -0.3 is 5.73 Å². The number of fused-ring (bicyclic) bond motifs is 1. The van der Waals surface area contributed by atoms with Crippen LogP contribution in [0.3, 0.4) is 0 Å². The van der Waals surface area contributed by atoms with E-state index < -0.39 is 6.17 Å². The highest BCUT2D eigenvalue weighted by Crippen LogP contribution is 2.43. The van der Waals surface area contributed by atoms with Gasteiger partial charge in [0.15, 0.2) is 0 Å². The first-order chi connectivity index (χ1) is 6.75. The van der Waals surface area contributed by atoms with Crippen LogP contribution in [-0.2, 0) is 0 Å². The first kappa shape index (κ1) is 8.80. The molecule has 2 bridgehead atoms. The van der Waals surface area contributed by atoms with Crippen molar-refractivity contribution < 1.29 is 4.39 Å². The summed E-state index contributed by atoms with van der Waals surface area (Å²) in [6, 6.07) is 1.26. The minimum atomic E-state index is -0.930. The fourth-order valence-corrected chi connectivity index (χ4v) is 3.10. The van der Waals surface area contributed by atoms with Crippen molar-refractivity contribution in [3.63, 3.8) is 0 Å². The molecule has 0 spiro atoms. The minimum Gasteiger partial charge on any atom is -0.325 e. The van der Waals surface area contributed by atoms with Crippen molar-refractivity contribution in [2.45, 2.75) is 56.1 Å². The maximum Gasteiger partial charge on any atom is 0.136 e. The van der Waals surface area contributed by atoms with Crippen molar-refractivity contribution in [1.29, 1.82) is 0 Å². The van der Waals surface area contributed by atoms with E-state index in [2.05, 4.69) is 9.89 Å². The van der Waals surface area contributed by atoms with Gasteiger partial charge in [0.05, 0.1) is 0 Å². The van der Waals surface area contributed by atoms with Crippen molar-refractivity contribution in [1.82, 2.24) is 4.90 Å². The molecule has 3 heterocycles. The second-order valence-corrected chi connectivity index (χ2v) is 4.70. The molecule has 3 fully saturated rings. The molecule has 2 saturated heterocycles. The van der Waals surface area contributed by atoms with Crippen LogP contribution < -0.4 is 5.73 Å². The zero-order valence-corrected chi connectivity index (χ0v) is 8.14. The number of rotatable bonds is 1. The summed E-state index contributed by atoms with van der Waals surface area (Å²) in [6.07, 6.45) is 4.87. The number of alkyl halides is 1. The standard InChI is InChI=1S/C10H16FN3/c11-6-3-9(12)10(13-5-6)14-7-1-2-8(14)4-7/h5-10H,1-4,12H2. The van der Waals surface area contributed by atoms with Gasteiger partial charge >= 0.3 is 0 Å². The number of halogens is 1. The van der Waals surface area contributed by atoms with Gasteiger partial charge in [0.25, 0.3) is 0 Å². The van der Waals surface area contributed by atoms with Crippen LogP contribution in [0, 0.1) is 0 Å². The topological polar surface area (TPSA) is 41.6 Å². The number of hydrogen-bond acceptors (Lipinski definition) is 3. The van der Waals surface area contributed by atoms with Crippen LogP contribution in [-0.4, -0.2) is 41.6 Å². The van der Waals surface area contributed by atoms with Crippen LogP contribution in [0.15, 0.2) is 4.99 Å². The van der Waals surface area contributed by atoms with E-state index in [9.17, 15) is 4.39 Å². The average molecular weight is 197 g/mol. The van der Waals surface area contributed by atoms with E-state index in [0.29, 0.717) is 18.5 Å². The molecule has 4 heteroatoms. The Labute approximate surface area is 83.2 Å². The highest BCUT2D eigenvalue weighted by atomic mass is 19.1. The molecule has 3 aliphatic heterocycles. The third kappa shape index (κ3) is 1.13. The Hall–Kier alpha value is -0.480. The van der Waals surface area contributed by atoms with Crippen LogP contribution in [0.4, 0.5) is 4.39 Å². The highest BCUT2D eigenvalue weighted by Gasteiger charge is 2.49. The van der Waals surface area contributed by atoms with Crippen LogP contribution in [0.2, 0.25) is 0 Å². The number of nitrogens with zero attached hydrogens (tertiary/aromatic N) is 2. The van der Waals surface area contributed by atoms with Crippen LogP contribution in [0.25, 0.3) is 0 Å². The summed E-state index contributed by atoms with van der Waals surface area (Å²) in [5.41, 5.74) is 5.94.